The minimum Gasteiger partial charge on any atom is -0.353 e. The fourth-order valence-corrected chi connectivity index (χ4v) is 1.03. The zero-order valence-corrected chi connectivity index (χ0v) is 9.71. The van der Waals surface area contributed by atoms with Crippen LogP contribution in [0.5, 0.6) is 0 Å². The van der Waals surface area contributed by atoms with Crippen molar-refractivity contribution >= 4 is 5.91 Å². The molecule has 0 aromatic carbocycles. The van der Waals surface area contributed by atoms with Crippen molar-refractivity contribution in [2.45, 2.75) is 26.3 Å². The zero-order chi connectivity index (χ0) is 11.1. The monoisotopic (exact) mass is 201 g/mol. The van der Waals surface area contributed by atoms with E-state index in [1.807, 2.05) is 32.8 Å². The Balaban J connectivity index is 3.73. The summed E-state index contributed by atoms with van der Waals surface area (Å²) >= 11 is 0. The van der Waals surface area contributed by atoms with E-state index in [0.717, 1.165) is 13.0 Å². The Bertz CT molecular complexity index is 171. The first-order valence-corrected chi connectivity index (χ1v) is 5.17. The molecule has 84 valence electrons. The van der Waals surface area contributed by atoms with E-state index in [1.54, 1.807) is 0 Å². The van der Waals surface area contributed by atoms with Gasteiger partial charge in [0.2, 0.25) is 5.91 Å². The van der Waals surface area contributed by atoms with Gasteiger partial charge < -0.3 is 16.0 Å². The van der Waals surface area contributed by atoms with Crippen LogP contribution < -0.4 is 11.1 Å². The van der Waals surface area contributed by atoms with E-state index in [1.165, 1.54) is 0 Å². The number of nitrogens with two attached hydrogens (primary N) is 1. The molecule has 4 heteroatoms. The van der Waals surface area contributed by atoms with Crippen LogP contribution in [-0.4, -0.2) is 44.0 Å². The summed E-state index contributed by atoms with van der Waals surface area (Å²) in [6, 6.07) is -0.373. The Morgan fingerprint density at radius 1 is 1.50 bits per heavy atom. The van der Waals surface area contributed by atoms with E-state index in [2.05, 4.69) is 5.32 Å². The van der Waals surface area contributed by atoms with Gasteiger partial charge in [-0.05, 0) is 20.0 Å². The maximum Gasteiger partial charge on any atom is 0.237 e. The average molecular weight is 201 g/mol. The van der Waals surface area contributed by atoms with Gasteiger partial charge in [0, 0.05) is 13.1 Å². The van der Waals surface area contributed by atoms with Crippen molar-refractivity contribution in [1.82, 2.24) is 10.2 Å². The van der Waals surface area contributed by atoms with Crippen LogP contribution in [0.1, 0.15) is 20.3 Å². The number of carbonyl (C=O) groups is 1. The highest BCUT2D eigenvalue weighted by Crippen LogP contribution is 2.04. The molecular weight excluding hydrogens is 178 g/mol. The lowest BCUT2D eigenvalue weighted by atomic mass is 9.99. The molecule has 0 bridgehead atoms. The second kappa shape index (κ2) is 6.79. The Labute approximate surface area is 86.8 Å². The normalized spacial score (nSPS) is 15.3. The minimum absolute atomic E-state index is 0.0406. The Morgan fingerprint density at radius 3 is 2.50 bits per heavy atom. The van der Waals surface area contributed by atoms with Gasteiger partial charge in [0.15, 0.2) is 0 Å². The molecule has 1 amide bonds. The first-order valence-electron chi connectivity index (χ1n) is 5.17. The average Bonchev–Trinajstić information content (AvgIpc) is 2.14. The lowest BCUT2D eigenvalue weighted by Crippen LogP contribution is -2.46. The molecule has 0 rings (SSSR count). The van der Waals surface area contributed by atoms with Gasteiger partial charge in [0.05, 0.1) is 6.04 Å². The molecule has 0 aromatic heterocycles. The van der Waals surface area contributed by atoms with Crippen LogP contribution in [-0.2, 0) is 4.79 Å². The summed E-state index contributed by atoms with van der Waals surface area (Å²) < 4.78 is 0. The second-order valence-corrected chi connectivity index (χ2v) is 4.01. The van der Waals surface area contributed by atoms with Crippen LogP contribution in [0.4, 0.5) is 0 Å². The van der Waals surface area contributed by atoms with Crippen molar-refractivity contribution in [2.75, 3.05) is 27.2 Å². The molecule has 0 saturated heterocycles. The van der Waals surface area contributed by atoms with E-state index in [0.29, 0.717) is 6.54 Å². The lowest BCUT2D eigenvalue weighted by Gasteiger charge is -2.18. The quantitative estimate of drug-likeness (QED) is 0.638. The summed E-state index contributed by atoms with van der Waals surface area (Å²) in [7, 11) is 3.95. The molecule has 0 heterocycles. The Morgan fingerprint density at radius 2 is 2.07 bits per heavy atom. The molecule has 0 aliphatic rings. The number of amides is 1. The smallest absolute Gasteiger partial charge is 0.237 e. The van der Waals surface area contributed by atoms with Crippen molar-refractivity contribution in [2.24, 2.45) is 11.7 Å². The number of carbonyl (C=O) groups excluding carboxylic acids is 1. The first kappa shape index (κ1) is 13.4. The maximum atomic E-state index is 11.5. The van der Waals surface area contributed by atoms with E-state index in [9.17, 15) is 4.79 Å². The third kappa shape index (κ3) is 5.19. The van der Waals surface area contributed by atoms with Crippen LogP contribution in [0.3, 0.4) is 0 Å². The van der Waals surface area contributed by atoms with Crippen molar-refractivity contribution < 1.29 is 4.79 Å². The molecule has 14 heavy (non-hydrogen) atoms. The predicted octanol–water partition coefficient (Wildman–Crippen LogP) is 0.0376. The summed E-state index contributed by atoms with van der Waals surface area (Å²) in [5.74, 6) is 0.204. The van der Waals surface area contributed by atoms with E-state index >= 15 is 0 Å². The van der Waals surface area contributed by atoms with Crippen LogP contribution in [0.25, 0.3) is 0 Å². The molecule has 0 aliphatic heterocycles. The lowest BCUT2D eigenvalue weighted by molar-refractivity contribution is -0.123. The molecule has 0 spiro atoms. The number of nitrogens with zero attached hydrogens (tertiary/aromatic N) is 1. The summed E-state index contributed by atoms with van der Waals surface area (Å²) in [5.41, 5.74) is 5.76. The third-order valence-electron chi connectivity index (χ3n) is 2.42. The van der Waals surface area contributed by atoms with Crippen LogP contribution in [0.15, 0.2) is 0 Å². The number of likely N-dealkylation sites (N-methyl/N-ethyl adjacent to an activating group) is 1. The minimum atomic E-state index is -0.373. The zero-order valence-electron chi connectivity index (χ0n) is 9.71. The summed E-state index contributed by atoms with van der Waals surface area (Å²) in [6.45, 7) is 5.54. The van der Waals surface area contributed by atoms with Crippen molar-refractivity contribution in [1.29, 1.82) is 0 Å². The van der Waals surface area contributed by atoms with Gasteiger partial charge in [-0.1, -0.05) is 20.3 Å². The van der Waals surface area contributed by atoms with E-state index in [4.69, 9.17) is 5.73 Å². The summed E-state index contributed by atoms with van der Waals surface area (Å²) in [4.78, 5) is 13.5. The molecular formula is C10H23N3O. The molecule has 0 fully saturated rings. The highest BCUT2D eigenvalue weighted by molar-refractivity contribution is 5.81. The number of hydrogen-bond acceptors (Lipinski definition) is 3. The molecule has 2 unspecified atom stereocenters. The molecule has 0 radical (unpaired) electrons. The largest absolute Gasteiger partial charge is 0.353 e. The number of nitrogens with one attached hydrogen (secondary N) is 1. The Hall–Kier alpha value is -0.610. The molecule has 0 saturated carbocycles. The van der Waals surface area contributed by atoms with E-state index in [-0.39, 0.29) is 17.9 Å². The highest BCUT2D eigenvalue weighted by Gasteiger charge is 2.18. The SMILES string of the molecule is CCC(C)C(N)C(=O)NCCN(C)C. The molecule has 3 N–H and O–H groups in total. The van der Waals surface area contributed by atoms with Crippen LogP contribution in [0, 0.1) is 5.92 Å². The van der Waals surface area contributed by atoms with Gasteiger partial charge in [0.25, 0.3) is 0 Å². The molecule has 2 atom stereocenters. The van der Waals surface area contributed by atoms with Gasteiger partial charge >= 0.3 is 0 Å². The first-order chi connectivity index (χ1) is 6.49. The van der Waals surface area contributed by atoms with Gasteiger partial charge in [-0.15, -0.1) is 0 Å². The standard InChI is InChI=1S/C10H23N3O/c1-5-8(2)9(11)10(14)12-6-7-13(3)4/h8-9H,5-7,11H2,1-4H3,(H,12,14). The van der Waals surface area contributed by atoms with Gasteiger partial charge in [-0.25, -0.2) is 0 Å². The molecule has 0 aliphatic carbocycles. The highest BCUT2D eigenvalue weighted by atomic mass is 16.2. The summed E-state index contributed by atoms with van der Waals surface area (Å²) in [6.07, 6.45) is 0.933. The van der Waals surface area contributed by atoms with Crippen LogP contribution in [0.2, 0.25) is 0 Å². The van der Waals surface area contributed by atoms with Gasteiger partial charge in [-0.2, -0.15) is 0 Å². The topological polar surface area (TPSA) is 58.4 Å². The van der Waals surface area contributed by atoms with Crippen molar-refractivity contribution in [3.8, 4) is 0 Å². The Kier molecular flexibility index (Phi) is 6.49. The molecule has 4 nitrogen and oxygen atoms in total. The van der Waals surface area contributed by atoms with Crippen molar-refractivity contribution in [3.63, 3.8) is 0 Å². The van der Waals surface area contributed by atoms with Crippen molar-refractivity contribution in [3.05, 3.63) is 0 Å². The van der Waals surface area contributed by atoms with Gasteiger partial charge in [-0.3, -0.25) is 4.79 Å². The number of hydrogen-bond donors (Lipinski definition) is 2. The fourth-order valence-electron chi connectivity index (χ4n) is 1.03. The van der Waals surface area contributed by atoms with Crippen LogP contribution >= 0.6 is 0 Å². The second-order valence-electron chi connectivity index (χ2n) is 4.01. The molecule has 0 aromatic rings. The predicted molar refractivity (Wildman–Crippen MR) is 59.0 cm³/mol. The maximum absolute atomic E-state index is 11.5. The van der Waals surface area contributed by atoms with E-state index < -0.39 is 0 Å². The third-order valence-corrected chi connectivity index (χ3v) is 2.42. The number of rotatable bonds is 6. The van der Waals surface area contributed by atoms with Gasteiger partial charge in [0.1, 0.15) is 0 Å². The summed E-state index contributed by atoms with van der Waals surface area (Å²) in [5, 5.41) is 2.82. The fraction of sp³-hybridized carbons (Fsp3) is 0.900.